The maximum Gasteiger partial charge on any atom is 0.0714 e. The number of allylic oxidation sites excluding steroid dienone is 2. The molecule has 1 aliphatic rings. The number of rotatable bonds is 2. The molecule has 2 heterocycles. The normalized spacial score (nSPS) is 17.5. The first-order valence-corrected chi connectivity index (χ1v) is 9.43. The van der Waals surface area contributed by atoms with E-state index in [0.717, 1.165) is 0 Å². The minimum Gasteiger partial charge on any atom is -0.381 e. The lowest BCUT2D eigenvalue weighted by Gasteiger charge is -2.21. The Labute approximate surface area is 147 Å². The summed E-state index contributed by atoms with van der Waals surface area (Å²) in [6, 6.07) is 11.6. The van der Waals surface area contributed by atoms with E-state index in [1.165, 1.54) is 42.4 Å². The maximum absolute atomic E-state index is 3.53. The molecule has 24 heavy (non-hydrogen) atoms. The van der Waals surface area contributed by atoms with Crippen molar-refractivity contribution < 1.29 is 0 Å². The molecule has 1 atom stereocenters. The molecule has 0 saturated carbocycles. The molecule has 1 unspecified atom stereocenters. The third-order valence-corrected chi connectivity index (χ3v) is 6.24. The van der Waals surface area contributed by atoms with Crippen LogP contribution in [0.5, 0.6) is 0 Å². The lowest BCUT2D eigenvalue weighted by Crippen LogP contribution is -2.17. The topological polar surface area (TPSA) is 12.0 Å². The van der Waals surface area contributed by atoms with Crippen LogP contribution in [0.1, 0.15) is 49.4 Å². The highest BCUT2D eigenvalue weighted by atomic mass is 32.1. The average molecular weight is 334 g/mol. The van der Waals surface area contributed by atoms with Crippen LogP contribution in [0.4, 0.5) is 0 Å². The quantitative estimate of drug-likeness (QED) is 0.558. The van der Waals surface area contributed by atoms with E-state index in [1.807, 2.05) is 11.3 Å². The van der Waals surface area contributed by atoms with Crippen molar-refractivity contribution in [2.24, 2.45) is 0 Å². The fourth-order valence-corrected chi connectivity index (χ4v) is 5.26. The van der Waals surface area contributed by atoms with E-state index in [4.69, 9.17) is 0 Å². The lowest BCUT2D eigenvalue weighted by atomic mass is 9.95. The highest BCUT2D eigenvalue weighted by Crippen LogP contribution is 2.42. The van der Waals surface area contributed by atoms with Gasteiger partial charge < -0.3 is 5.32 Å². The van der Waals surface area contributed by atoms with Crippen LogP contribution in [0, 0.1) is 6.92 Å². The molecule has 1 aliphatic heterocycles. The van der Waals surface area contributed by atoms with Crippen molar-refractivity contribution in [2.75, 3.05) is 0 Å². The molecule has 3 aromatic rings. The number of aryl methyl sites for hydroxylation is 1. The van der Waals surface area contributed by atoms with E-state index in [2.05, 4.69) is 81.7 Å². The fourth-order valence-electron chi connectivity index (χ4n) is 3.66. The summed E-state index contributed by atoms with van der Waals surface area (Å²) >= 11 is 1.96. The fraction of sp³-hybridized carbons (Fsp3) is 0.273. The second-order valence-corrected chi connectivity index (χ2v) is 8.06. The minimum absolute atomic E-state index is 0.259. The van der Waals surface area contributed by atoms with Crippen LogP contribution >= 0.6 is 11.3 Å². The highest BCUT2D eigenvalue weighted by Gasteiger charge is 2.19. The van der Waals surface area contributed by atoms with Gasteiger partial charge in [0.25, 0.3) is 0 Å². The van der Waals surface area contributed by atoms with Crippen molar-refractivity contribution in [3.63, 3.8) is 0 Å². The van der Waals surface area contributed by atoms with E-state index in [0.29, 0.717) is 5.92 Å². The third kappa shape index (κ3) is 2.37. The average Bonchev–Trinajstić information content (AvgIpc) is 2.92. The molecule has 1 nitrogen and oxygen atoms in total. The number of fused-ring (bicyclic) bond motifs is 3. The summed E-state index contributed by atoms with van der Waals surface area (Å²) in [5.74, 6) is 0.546. The van der Waals surface area contributed by atoms with E-state index in [1.54, 1.807) is 0 Å². The third-order valence-electron chi connectivity index (χ3n) is 4.94. The predicted molar refractivity (Wildman–Crippen MR) is 107 cm³/mol. The molecule has 0 bridgehead atoms. The van der Waals surface area contributed by atoms with E-state index in [-0.39, 0.29) is 6.04 Å². The van der Waals surface area contributed by atoms with Crippen molar-refractivity contribution in [3.05, 3.63) is 70.9 Å². The second-order valence-electron chi connectivity index (χ2n) is 7.04. The van der Waals surface area contributed by atoms with Gasteiger partial charge in [0, 0.05) is 20.2 Å². The Balaban J connectivity index is 2.04. The Kier molecular flexibility index (Phi) is 3.73. The Hall–Kier alpha value is -2.06. The zero-order valence-corrected chi connectivity index (χ0v) is 15.5. The monoisotopic (exact) mass is 333 g/mol. The molecule has 2 aromatic carbocycles. The first-order valence-electron chi connectivity index (χ1n) is 8.62. The molecule has 122 valence electrons. The van der Waals surface area contributed by atoms with Crippen LogP contribution in [0.15, 0.2) is 54.3 Å². The largest absolute Gasteiger partial charge is 0.381 e. The van der Waals surface area contributed by atoms with Gasteiger partial charge in [0.15, 0.2) is 0 Å². The number of nitrogens with one attached hydrogen (secondary N) is 1. The molecule has 4 rings (SSSR count). The Morgan fingerprint density at radius 1 is 1.00 bits per heavy atom. The molecule has 0 saturated heterocycles. The number of thiophene rings is 1. The van der Waals surface area contributed by atoms with Gasteiger partial charge in [-0.05, 0) is 48.7 Å². The van der Waals surface area contributed by atoms with Crippen molar-refractivity contribution in [1.29, 1.82) is 0 Å². The van der Waals surface area contributed by atoms with Gasteiger partial charge in [-0.15, -0.1) is 11.3 Å². The summed E-state index contributed by atoms with van der Waals surface area (Å²) in [5.41, 5.74) is 5.56. The predicted octanol–water partition coefficient (Wildman–Crippen LogP) is 6.59. The standard InChI is InChI=1S/C22H23NS/c1-13(2)16-6-5-7-17-18-9-8-15(4)20(22(18)24-21(16)17)19-12-14(3)10-11-23-19/h5-13,19,23H,1-4H3. The van der Waals surface area contributed by atoms with Gasteiger partial charge in [-0.1, -0.05) is 55.8 Å². The van der Waals surface area contributed by atoms with Gasteiger partial charge in [0.2, 0.25) is 0 Å². The number of benzene rings is 2. The van der Waals surface area contributed by atoms with Crippen molar-refractivity contribution in [1.82, 2.24) is 5.32 Å². The molecule has 0 amide bonds. The first-order chi connectivity index (χ1) is 11.6. The highest BCUT2D eigenvalue weighted by molar-refractivity contribution is 7.26. The number of dihydropyridines is 1. The molecular formula is C22H23NS. The van der Waals surface area contributed by atoms with Crippen molar-refractivity contribution >= 4 is 31.5 Å². The van der Waals surface area contributed by atoms with E-state index in [9.17, 15) is 0 Å². The maximum atomic E-state index is 3.53. The van der Waals surface area contributed by atoms with Gasteiger partial charge in [-0.25, -0.2) is 0 Å². The molecule has 0 fully saturated rings. The van der Waals surface area contributed by atoms with Crippen LogP contribution in [-0.4, -0.2) is 0 Å². The summed E-state index contributed by atoms with van der Waals surface area (Å²) < 4.78 is 2.87. The molecular weight excluding hydrogens is 310 g/mol. The van der Waals surface area contributed by atoms with Gasteiger partial charge in [-0.2, -0.15) is 0 Å². The SMILES string of the molecule is CC1=CC(c2c(C)ccc3c2sc2c(C(C)C)cccc23)NC=C1. The van der Waals surface area contributed by atoms with Gasteiger partial charge in [0.1, 0.15) is 0 Å². The minimum atomic E-state index is 0.259. The summed E-state index contributed by atoms with van der Waals surface area (Å²) in [6.07, 6.45) is 6.54. The number of hydrogen-bond acceptors (Lipinski definition) is 2. The second kappa shape index (κ2) is 5.78. The zero-order valence-electron chi connectivity index (χ0n) is 14.7. The smallest absolute Gasteiger partial charge is 0.0714 e. The lowest BCUT2D eigenvalue weighted by molar-refractivity contribution is 0.741. The van der Waals surface area contributed by atoms with Crippen LogP contribution < -0.4 is 5.32 Å². The Morgan fingerprint density at radius 2 is 1.79 bits per heavy atom. The summed E-state index contributed by atoms with van der Waals surface area (Å²) in [5, 5.41) is 6.32. The molecule has 1 aromatic heterocycles. The van der Waals surface area contributed by atoms with Gasteiger partial charge in [0.05, 0.1) is 6.04 Å². The number of hydrogen-bond donors (Lipinski definition) is 1. The Morgan fingerprint density at radius 3 is 2.54 bits per heavy atom. The molecule has 0 spiro atoms. The van der Waals surface area contributed by atoms with Gasteiger partial charge in [-0.3, -0.25) is 0 Å². The molecule has 2 heteroatoms. The molecule has 1 N–H and O–H groups in total. The summed E-state index contributed by atoms with van der Waals surface area (Å²) in [6.45, 7) is 8.96. The van der Waals surface area contributed by atoms with Crippen LogP contribution in [-0.2, 0) is 0 Å². The Bertz CT molecular complexity index is 988. The molecule has 0 aliphatic carbocycles. The first kappa shape index (κ1) is 15.5. The van der Waals surface area contributed by atoms with E-state index >= 15 is 0 Å². The van der Waals surface area contributed by atoms with Crippen LogP contribution in [0.3, 0.4) is 0 Å². The van der Waals surface area contributed by atoms with Crippen LogP contribution in [0.2, 0.25) is 0 Å². The van der Waals surface area contributed by atoms with E-state index < -0.39 is 0 Å². The van der Waals surface area contributed by atoms with Gasteiger partial charge >= 0.3 is 0 Å². The van der Waals surface area contributed by atoms with Crippen molar-refractivity contribution in [3.8, 4) is 0 Å². The molecule has 0 radical (unpaired) electrons. The van der Waals surface area contributed by atoms with Crippen LogP contribution in [0.25, 0.3) is 20.2 Å². The zero-order chi connectivity index (χ0) is 16.8. The summed E-state index contributed by atoms with van der Waals surface area (Å²) in [7, 11) is 0. The van der Waals surface area contributed by atoms with Crippen molar-refractivity contribution in [2.45, 2.75) is 39.7 Å². The summed E-state index contributed by atoms with van der Waals surface area (Å²) in [4.78, 5) is 0.